The fraction of sp³-hybridized carbons (Fsp3) is 0. The van der Waals surface area contributed by atoms with Crippen molar-refractivity contribution < 1.29 is 12.6 Å². The first kappa shape index (κ1) is 16.3. The van der Waals surface area contributed by atoms with Gasteiger partial charge >= 0.3 is 11.4 Å². The van der Waals surface area contributed by atoms with Gasteiger partial charge in [0.1, 0.15) is 0 Å². The van der Waals surface area contributed by atoms with Crippen LogP contribution >= 0.6 is 31.9 Å². The lowest BCUT2D eigenvalue weighted by Gasteiger charge is -2.13. The molecule has 5 rings (SSSR count). The minimum atomic E-state index is -1.90. The fourth-order valence-electron chi connectivity index (χ4n) is 3.36. The van der Waals surface area contributed by atoms with Crippen molar-refractivity contribution in [3.05, 3.63) is 69.6 Å². The molecule has 26 heavy (non-hydrogen) atoms. The molecule has 1 aliphatic rings. The van der Waals surface area contributed by atoms with E-state index >= 15 is 0 Å². The highest BCUT2D eigenvalue weighted by Gasteiger charge is 2.25. The third-order valence-electron chi connectivity index (χ3n) is 4.46. The van der Waals surface area contributed by atoms with Crippen molar-refractivity contribution in [1.82, 2.24) is 0 Å². The molecule has 3 nitrogen and oxygen atoms in total. The van der Waals surface area contributed by atoms with E-state index in [1.54, 1.807) is 0 Å². The number of fused-ring (bicyclic) bond motifs is 7. The average molecular weight is 490 g/mol. The summed E-state index contributed by atoms with van der Waals surface area (Å²) in [7, 11) is 0. The van der Waals surface area contributed by atoms with Crippen LogP contribution in [0.2, 0.25) is 0 Å². The molecule has 0 saturated carbocycles. The molecule has 0 unspecified atom stereocenters. The van der Waals surface area contributed by atoms with E-state index in [1.165, 1.54) is 0 Å². The van der Waals surface area contributed by atoms with Crippen LogP contribution in [0.25, 0.3) is 32.7 Å². The van der Waals surface area contributed by atoms with Gasteiger partial charge in [-0.3, -0.25) is 0 Å². The SMILES string of the molecule is O=S1Oc2ccc3ccc(Br)cc3c2-c2c(ccc3ccc(Br)cc23)O1. The molecule has 1 heterocycles. The number of benzene rings is 4. The van der Waals surface area contributed by atoms with Gasteiger partial charge in [0.2, 0.25) is 0 Å². The van der Waals surface area contributed by atoms with E-state index < -0.39 is 11.4 Å². The van der Waals surface area contributed by atoms with Gasteiger partial charge in [-0.25, -0.2) is 0 Å². The summed E-state index contributed by atoms with van der Waals surface area (Å²) in [6, 6.07) is 19.8. The molecule has 0 spiro atoms. The molecule has 0 bridgehead atoms. The monoisotopic (exact) mass is 488 g/mol. The van der Waals surface area contributed by atoms with Crippen molar-refractivity contribution >= 4 is 64.8 Å². The molecule has 4 aromatic rings. The lowest BCUT2D eigenvalue weighted by molar-refractivity contribution is 0.469. The molecule has 0 aliphatic carbocycles. The number of rotatable bonds is 0. The van der Waals surface area contributed by atoms with Crippen molar-refractivity contribution in [2.75, 3.05) is 0 Å². The molecule has 0 fully saturated rings. The summed E-state index contributed by atoms with van der Waals surface area (Å²) in [6.45, 7) is 0. The minimum Gasteiger partial charge on any atom is -0.370 e. The zero-order chi connectivity index (χ0) is 17.8. The Morgan fingerprint density at radius 1 is 0.654 bits per heavy atom. The summed E-state index contributed by atoms with van der Waals surface area (Å²) in [5.74, 6) is 1.08. The minimum absolute atomic E-state index is 0.542. The van der Waals surface area contributed by atoms with Crippen molar-refractivity contribution in [1.29, 1.82) is 0 Å². The standard InChI is InChI=1S/C20H10Br2O3S/c21-13-5-1-11-3-7-17-19(15(11)9-13)20-16-10-14(22)6-2-12(16)4-8-18(20)25-26(23)24-17/h1-10H. The van der Waals surface area contributed by atoms with Crippen LogP contribution in [0.15, 0.2) is 69.6 Å². The third-order valence-corrected chi connectivity index (χ3v) is 6.07. The number of hydrogen-bond donors (Lipinski definition) is 0. The summed E-state index contributed by atoms with van der Waals surface area (Å²) < 4.78 is 25.4. The van der Waals surface area contributed by atoms with Crippen LogP contribution in [0.5, 0.6) is 11.5 Å². The van der Waals surface area contributed by atoms with Gasteiger partial charge in [0, 0.05) is 20.1 Å². The molecule has 0 N–H and O–H groups in total. The van der Waals surface area contributed by atoms with Crippen LogP contribution < -0.4 is 8.37 Å². The molecular formula is C20H10Br2O3S. The second kappa shape index (κ2) is 6.08. The van der Waals surface area contributed by atoms with E-state index in [4.69, 9.17) is 8.37 Å². The highest BCUT2D eigenvalue weighted by atomic mass is 79.9. The zero-order valence-electron chi connectivity index (χ0n) is 13.2. The van der Waals surface area contributed by atoms with E-state index in [9.17, 15) is 4.21 Å². The lowest BCUT2D eigenvalue weighted by atomic mass is 9.92. The molecule has 1 aliphatic heterocycles. The molecule has 0 saturated heterocycles. The van der Waals surface area contributed by atoms with E-state index in [-0.39, 0.29) is 0 Å². The van der Waals surface area contributed by atoms with Crippen LogP contribution in [0.4, 0.5) is 0 Å². The first-order chi connectivity index (χ1) is 12.6. The first-order valence-electron chi connectivity index (χ1n) is 7.83. The number of halogens is 2. The first-order valence-corrected chi connectivity index (χ1v) is 10.4. The van der Waals surface area contributed by atoms with Gasteiger partial charge < -0.3 is 8.37 Å². The Labute approximate surface area is 169 Å². The molecule has 0 aromatic heterocycles. The largest absolute Gasteiger partial charge is 0.417 e. The summed E-state index contributed by atoms with van der Waals surface area (Å²) in [6.07, 6.45) is 0. The molecule has 0 amide bonds. The fourth-order valence-corrected chi connectivity index (χ4v) is 4.69. The van der Waals surface area contributed by atoms with Gasteiger partial charge in [-0.15, -0.1) is 0 Å². The third kappa shape index (κ3) is 2.55. The van der Waals surface area contributed by atoms with E-state index in [0.29, 0.717) is 11.5 Å². The topological polar surface area (TPSA) is 35.5 Å². The Hall–Kier alpha value is -1.89. The predicted octanol–water partition coefficient (Wildman–Crippen LogP) is 6.53. The summed E-state index contributed by atoms with van der Waals surface area (Å²) in [4.78, 5) is 0. The summed E-state index contributed by atoms with van der Waals surface area (Å²) >= 11 is 5.21. The quantitative estimate of drug-likeness (QED) is 0.281. The second-order valence-electron chi connectivity index (χ2n) is 5.98. The predicted molar refractivity (Wildman–Crippen MR) is 112 cm³/mol. The zero-order valence-corrected chi connectivity index (χ0v) is 17.2. The Balaban J connectivity index is 2.02. The Kier molecular flexibility index (Phi) is 3.81. The van der Waals surface area contributed by atoms with Crippen molar-refractivity contribution in [3.63, 3.8) is 0 Å². The summed E-state index contributed by atoms with van der Waals surface area (Å²) in [5.41, 5.74) is 1.77. The maximum absolute atomic E-state index is 12.3. The van der Waals surface area contributed by atoms with E-state index in [2.05, 4.69) is 31.9 Å². The molecule has 4 aromatic carbocycles. The highest BCUT2D eigenvalue weighted by Crippen LogP contribution is 2.48. The van der Waals surface area contributed by atoms with Gasteiger partial charge in [0.05, 0.1) is 0 Å². The molecular weight excluding hydrogens is 480 g/mol. The normalized spacial score (nSPS) is 13.6. The van der Waals surface area contributed by atoms with Gasteiger partial charge in [-0.1, -0.05) is 56.1 Å². The van der Waals surface area contributed by atoms with Gasteiger partial charge in [0.15, 0.2) is 11.5 Å². The lowest BCUT2D eigenvalue weighted by Crippen LogP contribution is -2.06. The highest BCUT2D eigenvalue weighted by molar-refractivity contribution is 9.10. The van der Waals surface area contributed by atoms with Crippen LogP contribution in [0, 0.1) is 0 Å². The molecule has 0 radical (unpaired) electrons. The smallest absolute Gasteiger partial charge is 0.370 e. The van der Waals surface area contributed by atoms with Crippen molar-refractivity contribution in [3.8, 4) is 22.6 Å². The van der Waals surface area contributed by atoms with Gasteiger partial charge in [-0.05, 0) is 57.9 Å². The van der Waals surface area contributed by atoms with Gasteiger partial charge in [0.25, 0.3) is 0 Å². The van der Waals surface area contributed by atoms with Gasteiger partial charge in [-0.2, -0.15) is 4.21 Å². The van der Waals surface area contributed by atoms with Crippen LogP contribution in [0.1, 0.15) is 0 Å². The molecule has 0 atom stereocenters. The molecule has 6 heteroatoms. The average Bonchev–Trinajstić information content (AvgIpc) is 2.77. The Morgan fingerprint density at radius 2 is 1.08 bits per heavy atom. The second-order valence-corrected chi connectivity index (χ2v) is 8.55. The van der Waals surface area contributed by atoms with Crippen LogP contribution in [0.3, 0.4) is 0 Å². The maximum atomic E-state index is 12.3. The summed E-state index contributed by atoms with van der Waals surface area (Å²) in [5, 5.41) is 4.16. The van der Waals surface area contributed by atoms with Crippen molar-refractivity contribution in [2.45, 2.75) is 0 Å². The Bertz CT molecular complexity index is 1140. The molecule has 128 valence electrons. The van der Waals surface area contributed by atoms with E-state index in [0.717, 1.165) is 41.6 Å². The van der Waals surface area contributed by atoms with Crippen LogP contribution in [-0.2, 0) is 11.4 Å². The number of hydrogen-bond acceptors (Lipinski definition) is 3. The maximum Gasteiger partial charge on any atom is 0.417 e. The Morgan fingerprint density at radius 3 is 1.54 bits per heavy atom. The van der Waals surface area contributed by atoms with Crippen molar-refractivity contribution in [2.24, 2.45) is 0 Å². The van der Waals surface area contributed by atoms with Crippen LogP contribution in [-0.4, -0.2) is 4.21 Å². The van der Waals surface area contributed by atoms with E-state index in [1.807, 2.05) is 60.7 Å².